The molecule has 92 valence electrons. The van der Waals surface area contributed by atoms with Crippen LogP contribution in [0.25, 0.3) is 0 Å². The molecule has 0 aromatic heterocycles. The first-order valence-electron chi connectivity index (χ1n) is 5.65. The van der Waals surface area contributed by atoms with E-state index in [1.165, 1.54) is 0 Å². The van der Waals surface area contributed by atoms with Crippen molar-refractivity contribution in [2.45, 2.75) is 6.54 Å². The van der Waals surface area contributed by atoms with Gasteiger partial charge in [0.1, 0.15) is 5.75 Å². The zero-order chi connectivity index (χ0) is 12.5. The Kier molecular flexibility index (Phi) is 3.18. The maximum Gasteiger partial charge on any atom is 0.161 e. The topological polar surface area (TPSA) is 12.5 Å². The molecule has 1 aliphatic heterocycles. The third kappa shape index (κ3) is 2.20. The number of hydrogen-bond donors (Lipinski definition) is 0. The molecule has 0 saturated heterocycles. The van der Waals surface area contributed by atoms with Crippen molar-refractivity contribution in [2.75, 3.05) is 11.6 Å². The molecule has 1 heterocycles. The quantitative estimate of drug-likeness (QED) is 0.768. The SMILES string of the molecule is Clc1ccccc1N1COc2ccc(Br)cc2C1. The average molecular weight is 325 g/mol. The lowest BCUT2D eigenvalue weighted by molar-refractivity contribution is 0.289. The molecule has 4 heteroatoms. The number of para-hydroxylation sites is 1. The predicted octanol–water partition coefficient (Wildman–Crippen LogP) is 4.46. The zero-order valence-electron chi connectivity index (χ0n) is 9.57. The van der Waals surface area contributed by atoms with Crippen LogP contribution >= 0.6 is 27.5 Å². The summed E-state index contributed by atoms with van der Waals surface area (Å²) < 4.78 is 6.81. The summed E-state index contributed by atoms with van der Waals surface area (Å²) in [7, 11) is 0. The number of rotatable bonds is 1. The Morgan fingerprint density at radius 2 is 2.00 bits per heavy atom. The molecule has 0 aliphatic carbocycles. The zero-order valence-corrected chi connectivity index (χ0v) is 11.9. The first kappa shape index (κ1) is 11.9. The molecule has 0 atom stereocenters. The molecule has 2 aromatic carbocycles. The van der Waals surface area contributed by atoms with E-state index in [0.717, 1.165) is 33.0 Å². The van der Waals surface area contributed by atoms with E-state index in [1.807, 2.05) is 36.4 Å². The van der Waals surface area contributed by atoms with E-state index in [1.54, 1.807) is 0 Å². The van der Waals surface area contributed by atoms with Crippen molar-refractivity contribution >= 4 is 33.2 Å². The summed E-state index contributed by atoms with van der Waals surface area (Å²) in [5.74, 6) is 0.946. The summed E-state index contributed by atoms with van der Waals surface area (Å²) in [6.07, 6.45) is 0. The van der Waals surface area contributed by atoms with Gasteiger partial charge in [-0.1, -0.05) is 39.7 Å². The van der Waals surface area contributed by atoms with Crippen LogP contribution in [0.3, 0.4) is 0 Å². The highest BCUT2D eigenvalue weighted by atomic mass is 79.9. The fraction of sp³-hybridized carbons (Fsp3) is 0.143. The molecular formula is C14H11BrClNO. The number of benzene rings is 2. The normalized spacial score (nSPS) is 14.0. The van der Waals surface area contributed by atoms with E-state index < -0.39 is 0 Å². The number of ether oxygens (including phenoxy) is 1. The molecule has 0 unspecified atom stereocenters. The lowest BCUT2D eigenvalue weighted by atomic mass is 10.1. The molecule has 3 rings (SSSR count). The van der Waals surface area contributed by atoms with Crippen LogP contribution in [-0.2, 0) is 6.54 Å². The van der Waals surface area contributed by atoms with Crippen molar-refractivity contribution in [1.82, 2.24) is 0 Å². The summed E-state index contributed by atoms with van der Waals surface area (Å²) in [4.78, 5) is 2.12. The molecule has 0 fully saturated rings. The standard InChI is InChI=1S/C14H11BrClNO/c15-11-5-6-14-10(7-11)8-17(9-18-14)13-4-2-1-3-12(13)16/h1-7H,8-9H2. The molecule has 0 radical (unpaired) electrons. The van der Waals surface area contributed by atoms with Gasteiger partial charge in [0.25, 0.3) is 0 Å². The average Bonchev–Trinajstić information content (AvgIpc) is 2.38. The van der Waals surface area contributed by atoms with Gasteiger partial charge in [-0.25, -0.2) is 0 Å². The maximum atomic E-state index is 6.21. The van der Waals surface area contributed by atoms with Gasteiger partial charge < -0.3 is 9.64 Å². The fourth-order valence-electron chi connectivity index (χ4n) is 2.07. The van der Waals surface area contributed by atoms with Crippen LogP contribution in [0.1, 0.15) is 5.56 Å². The van der Waals surface area contributed by atoms with E-state index in [-0.39, 0.29) is 0 Å². The molecular weight excluding hydrogens is 314 g/mol. The van der Waals surface area contributed by atoms with Crippen molar-refractivity contribution < 1.29 is 4.74 Å². The van der Waals surface area contributed by atoms with Gasteiger partial charge in [-0.3, -0.25) is 0 Å². The van der Waals surface area contributed by atoms with Gasteiger partial charge in [0.15, 0.2) is 6.73 Å². The van der Waals surface area contributed by atoms with Crippen LogP contribution in [0.4, 0.5) is 5.69 Å². The van der Waals surface area contributed by atoms with Gasteiger partial charge >= 0.3 is 0 Å². The molecule has 0 N–H and O–H groups in total. The van der Waals surface area contributed by atoms with E-state index in [0.29, 0.717) is 6.73 Å². The third-order valence-corrected chi connectivity index (χ3v) is 3.77. The van der Waals surface area contributed by atoms with Gasteiger partial charge in [-0.2, -0.15) is 0 Å². The number of anilines is 1. The molecule has 2 aromatic rings. The van der Waals surface area contributed by atoms with Crippen LogP contribution in [0.2, 0.25) is 5.02 Å². The molecule has 1 aliphatic rings. The van der Waals surface area contributed by atoms with E-state index in [9.17, 15) is 0 Å². The smallest absolute Gasteiger partial charge is 0.161 e. The van der Waals surface area contributed by atoms with Gasteiger partial charge in [-0.15, -0.1) is 0 Å². The lowest BCUT2D eigenvalue weighted by Gasteiger charge is -2.31. The van der Waals surface area contributed by atoms with Crippen LogP contribution < -0.4 is 9.64 Å². The molecule has 0 spiro atoms. The second kappa shape index (κ2) is 4.82. The van der Waals surface area contributed by atoms with Gasteiger partial charge in [-0.05, 0) is 30.3 Å². The minimum absolute atomic E-state index is 0.526. The number of halogens is 2. The maximum absolute atomic E-state index is 6.21. The van der Waals surface area contributed by atoms with Gasteiger partial charge in [0.2, 0.25) is 0 Å². The Hall–Kier alpha value is -1.19. The van der Waals surface area contributed by atoms with Gasteiger partial charge in [0.05, 0.1) is 10.7 Å². The predicted molar refractivity (Wildman–Crippen MR) is 77.3 cm³/mol. The lowest BCUT2D eigenvalue weighted by Crippen LogP contribution is -2.32. The molecule has 0 saturated carbocycles. The largest absolute Gasteiger partial charge is 0.473 e. The Labute approximate surface area is 119 Å². The number of fused-ring (bicyclic) bond motifs is 1. The van der Waals surface area contributed by atoms with Crippen molar-refractivity contribution in [3.63, 3.8) is 0 Å². The Morgan fingerprint density at radius 1 is 1.17 bits per heavy atom. The minimum Gasteiger partial charge on any atom is -0.473 e. The molecule has 2 nitrogen and oxygen atoms in total. The van der Waals surface area contributed by atoms with Gasteiger partial charge in [0, 0.05) is 16.6 Å². The summed E-state index contributed by atoms with van der Waals surface area (Å²) >= 11 is 9.69. The first-order valence-corrected chi connectivity index (χ1v) is 6.82. The highest BCUT2D eigenvalue weighted by Gasteiger charge is 2.19. The summed E-state index contributed by atoms with van der Waals surface area (Å²) in [6, 6.07) is 13.9. The summed E-state index contributed by atoms with van der Waals surface area (Å²) in [5, 5.41) is 0.750. The van der Waals surface area contributed by atoms with Crippen LogP contribution in [0, 0.1) is 0 Å². The van der Waals surface area contributed by atoms with Crippen molar-refractivity contribution in [3.8, 4) is 5.75 Å². The second-order valence-corrected chi connectivity index (χ2v) is 5.50. The molecule has 0 bridgehead atoms. The van der Waals surface area contributed by atoms with E-state index in [4.69, 9.17) is 16.3 Å². The van der Waals surface area contributed by atoms with Crippen LogP contribution in [-0.4, -0.2) is 6.73 Å². The van der Waals surface area contributed by atoms with Crippen LogP contribution in [0.5, 0.6) is 5.75 Å². The Balaban J connectivity index is 1.93. The van der Waals surface area contributed by atoms with E-state index >= 15 is 0 Å². The third-order valence-electron chi connectivity index (χ3n) is 2.95. The van der Waals surface area contributed by atoms with Crippen molar-refractivity contribution in [2.24, 2.45) is 0 Å². The van der Waals surface area contributed by atoms with Crippen molar-refractivity contribution in [3.05, 3.63) is 57.5 Å². The Morgan fingerprint density at radius 3 is 2.83 bits per heavy atom. The number of hydrogen-bond acceptors (Lipinski definition) is 2. The fourth-order valence-corrected chi connectivity index (χ4v) is 2.74. The molecule has 0 amide bonds. The Bertz CT molecular complexity index is 588. The number of nitrogens with zero attached hydrogens (tertiary/aromatic N) is 1. The first-order chi connectivity index (χ1) is 8.74. The summed E-state index contributed by atoms with van der Waals surface area (Å²) in [5.41, 5.74) is 2.17. The minimum atomic E-state index is 0.526. The highest BCUT2D eigenvalue weighted by molar-refractivity contribution is 9.10. The van der Waals surface area contributed by atoms with Crippen LogP contribution in [0.15, 0.2) is 46.9 Å². The molecule has 18 heavy (non-hydrogen) atoms. The highest BCUT2D eigenvalue weighted by Crippen LogP contribution is 2.33. The second-order valence-electron chi connectivity index (χ2n) is 4.17. The monoisotopic (exact) mass is 323 g/mol. The van der Waals surface area contributed by atoms with Crippen molar-refractivity contribution in [1.29, 1.82) is 0 Å². The van der Waals surface area contributed by atoms with E-state index in [2.05, 4.69) is 26.9 Å². The summed E-state index contributed by atoms with van der Waals surface area (Å²) in [6.45, 7) is 1.33.